The van der Waals surface area contributed by atoms with Gasteiger partial charge in [-0.05, 0) is 6.42 Å². The second kappa shape index (κ2) is 11.9. The Hall–Kier alpha value is 0.110. The van der Waals surface area contributed by atoms with E-state index in [-0.39, 0.29) is 0 Å². The van der Waals surface area contributed by atoms with Crippen LogP contribution in [0.5, 0.6) is 0 Å². The molecule has 1 unspecified atom stereocenters. The molecule has 0 aliphatic carbocycles. The van der Waals surface area contributed by atoms with Crippen molar-refractivity contribution in [1.82, 2.24) is 0 Å². The zero-order chi connectivity index (χ0) is 14.6. The topological polar surface area (TPSA) is 77.8 Å². The quantitative estimate of drug-likeness (QED) is 0.356. The Bertz CT molecular complexity index is 240. The number of hydrogen-bond acceptors (Lipinski definition) is 2. The average molecular weight is 294 g/mol. The zero-order valence-electron chi connectivity index (χ0n) is 12.3. The van der Waals surface area contributed by atoms with Crippen molar-refractivity contribution >= 4 is 7.60 Å². The molecule has 0 bridgehead atoms. The van der Waals surface area contributed by atoms with Gasteiger partial charge in [0.25, 0.3) is 0 Å². The van der Waals surface area contributed by atoms with Crippen LogP contribution in [0.25, 0.3) is 0 Å². The van der Waals surface area contributed by atoms with E-state index < -0.39 is 19.9 Å². The highest BCUT2D eigenvalue weighted by Gasteiger charge is 2.18. The summed E-state index contributed by atoms with van der Waals surface area (Å²) >= 11 is 0. The van der Waals surface area contributed by atoms with Crippen molar-refractivity contribution in [2.75, 3.05) is 6.16 Å². The van der Waals surface area contributed by atoms with Gasteiger partial charge in [0.05, 0.1) is 12.3 Å². The Morgan fingerprint density at radius 1 is 0.842 bits per heavy atom. The summed E-state index contributed by atoms with van der Waals surface area (Å²) in [6.45, 7) is 2.22. The molecule has 116 valence electrons. The van der Waals surface area contributed by atoms with E-state index >= 15 is 0 Å². The molecule has 1 atom stereocenters. The summed E-state index contributed by atoms with van der Waals surface area (Å²) in [7, 11) is -4.05. The maximum Gasteiger partial charge on any atom is 0.328 e. The van der Waals surface area contributed by atoms with E-state index in [1.54, 1.807) is 0 Å². The predicted molar refractivity (Wildman–Crippen MR) is 79.4 cm³/mol. The highest BCUT2D eigenvalue weighted by molar-refractivity contribution is 7.51. The average Bonchev–Trinajstić information content (AvgIpc) is 2.29. The number of rotatable bonds is 13. The Kier molecular flexibility index (Phi) is 12.0. The van der Waals surface area contributed by atoms with E-state index in [9.17, 15) is 9.67 Å². The summed E-state index contributed by atoms with van der Waals surface area (Å²) in [6.07, 6.45) is 11.5. The number of hydrogen-bond donors (Lipinski definition) is 3. The van der Waals surface area contributed by atoms with E-state index in [4.69, 9.17) is 9.79 Å². The van der Waals surface area contributed by atoms with Crippen LogP contribution < -0.4 is 0 Å². The second-order valence-corrected chi connectivity index (χ2v) is 7.17. The Balaban J connectivity index is 3.20. The van der Waals surface area contributed by atoms with Gasteiger partial charge in [-0.3, -0.25) is 4.57 Å². The minimum Gasteiger partial charge on any atom is -0.392 e. The molecule has 0 radical (unpaired) electrons. The first-order valence-electron chi connectivity index (χ1n) is 7.68. The highest BCUT2D eigenvalue weighted by atomic mass is 31.2. The van der Waals surface area contributed by atoms with Gasteiger partial charge in [0.1, 0.15) is 0 Å². The van der Waals surface area contributed by atoms with Gasteiger partial charge >= 0.3 is 7.60 Å². The summed E-state index contributed by atoms with van der Waals surface area (Å²) in [4.78, 5) is 17.4. The van der Waals surface area contributed by atoms with Crippen LogP contribution in [0.1, 0.15) is 77.6 Å². The fourth-order valence-electron chi connectivity index (χ4n) is 2.23. The van der Waals surface area contributed by atoms with Crippen LogP contribution in [0.15, 0.2) is 0 Å². The molecular formula is C14H31O4P. The van der Waals surface area contributed by atoms with Crippen LogP contribution in [0.4, 0.5) is 0 Å². The monoisotopic (exact) mass is 294 g/mol. The minimum absolute atomic E-state index is 0.398. The summed E-state index contributed by atoms with van der Waals surface area (Å²) < 4.78 is 10.7. The molecule has 4 nitrogen and oxygen atoms in total. The van der Waals surface area contributed by atoms with Crippen LogP contribution in [0.2, 0.25) is 0 Å². The van der Waals surface area contributed by atoms with Crippen molar-refractivity contribution in [1.29, 1.82) is 0 Å². The van der Waals surface area contributed by atoms with Gasteiger partial charge in [0.2, 0.25) is 0 Å². The lowest BCUT2D eigenvalue weighted by molar-refractivity contribution is 0.175. The Labute approximate surface area is 117 Å². The van der Waals surface area contributed by atoms with Gasteiger partial charge in [-0.15, -0.1) is 0 Å². The molecule has 0 saturated heterocycles. The second-order valence-electron chi connectivity index (χ2n) is 5.47. The third-order valence-corrected chi connectivity index (χ3v) is 4.24. The lowest BCUT2D eigenvalue weighted by Gasteiger charge is -2.11. The van der Waals surface area contributed by atoms with Gasteiger partial charge in [-0.1, -0.05) is 71.1 Å². The molecule has 0 aliphatic heterocycles. The molecule has 0 aliphatic rings. The Morgan fingerprint density at radius 3 is 1.68 bits per heavy atom. The van der Waals surface area contributed by atoms with E-state index in [0.717, 1.165) is 19.3 Å². The summed E-state index contributed by atoms with van der Waals surface area (Å²) in [5, 5.41) is 9.42. The first-order chi connectivity index (χ1) is 8.95. The van der Waals surface area contributed by atoms with Crippen LogP contribution in [-0.2, 0) is 4.57 Å². The Morgan fingerprint density at radius 2 is 1.26 bits per heavy atom. The minimum atomic E-state index is -4.05. The molecule has 0 aromatic carbocycles. The molecule has 3 N–H and O–H groups in total. The van der Waals surface area contributed by atoms with Crippen molar-refractivity contribution in [3.05, 3.63) is 0 Å². The van der Waals surface area contributed by atoms with Crippen molar-refractivity contribution in [2.45, 2.75) is 83.7 Å². The van der Waals surface area contributed by atoms with E-state index in [0.29, 0.717) is 6.42 Å². The molecular weight excluding hydrogens is 263 g/mol. The SMILES string of the molecule is CCCCCCCCCCCCC(O)CP(=O)(O)O. The molecule has 0 heterocycles. The molecule has 19 heavy (non-hydrogen) atoms. The van der Waals surface area contributed by atoms with Gasteiger partial charge in [-0.25, -0.2) is 0 Å². The van der Waals surface area contributed by atoms with Crippen molar-refractivity contribution in [3.63, 3.8) is 0 Å². The van der Waals surface area contributed by atoms with Gasteiger partial charge in [-0.2, -0.15) is 0 Å². The first-order valence-corrected chi connectivity index (χ1v) is 9.48. The van der Waals surface area contributed by atoms with Crippen LogP contribution in [-0.4, -0.2) is 27.2 Å². The van der Waals surface area contributed by atoms with Crippen molar-refractivity contribution < 1.29 is 19.5 Å². The molecule has 0 saturated carbocycles. The summed E-state index contributed by atoms with van der Waals surface area (Å²) in [5.41, 5.74) is 0. The normalized spacial score (nSPS) is 13.7. The maximum absolute atomic E-state index is 10.7. The van der Waals surface area contributed by atoms with Crippen molar-refractivity contribution in [2.24, 2.45) is 0 Å². The lowest BCUT2D eigenvalue weighted by Crippen LogP contribution is -2.12. The predicted octanol–water partition coefficient (Wildman–Crippen LogP) is 3.84. The third-order valence-electron chi connectivity index (χ3n) is 3.34. The number of aliphatic hydroxyl groups is 1. The van der Waals surface area contributed by atoms with Gasteiger partial charge in [0, 0.05) is 0 Å². The molecule has 0 aromatic rings. The number of aliphatic hydroxyl groups excluding tert-OH is 1. The van der Waals surface area contributed by atoms with Crippen LogP contribution in [0.3, 0.4) is 0 Å². The van der Waals surface area contributed by atoms with E-state index in [2.05, 4.69) is 6.92 Å². The number of unbranched alkanes of at least 4 members (excludes halogenated alkanes) is 9. The molecule has 0 rings (SSSR count). The van der Waals surface area contributed by atoms with E-state index in [1.165, 1.54) is 44.9 Å². The lowest BCUT2D eigenvalue weighted by atomic mass is 10.1. The summed E-state index contributed by atoms with van der Waals surface area (Å²) in [6, 6.07) is 0. The smallest absolute Gasteiger partial charge is 0.328 e. The largest absolute Gasteiger partial charge is 0.392 e. The highest BCUT2D eigenvalue weighted by Crippen LogP contribution is 2.35. The third kappa shape index (κ3) is 16.1. The molecule has 0 fully saturated rings. The fraction of sp³-hybridized carbons (Fsp3) is 1.00. The van der Waals surface area contributed by atoms with Crippen molar-refractivity contribution in [3.8, 4) is 0 Å². The van der Waals surface area contributed by atoms with E-state index in [1.807, 2.05) is 0 Å². The zero-order valence-corrected chi connectivity index (χ0v) is 13.2. The van der Waals surface area contributed by atoms with Crippen LogP contribution in [0, 0.1) is 0 Å². The first kappa shape index (κ1) is 19.1. The molecule has 5 heteroatoms. The fourth-order valence-corrected chi connectivity index (χ4v) is 2.96. The maximum atomic E-state index is 10.7. The van der Waals surface area contributed by atoms with Gasteiger partial charge in [0.15, 0.2) is 0 Å². The van der Waals surface area contributed by atoms with Crippen LogP contribution >= 0.6 is 7.60 Å². The molecule has 0 amide bonds. The molecule has 0 spiro atoms. The molecule has 0 aromatic heterocycles. The summed E-state index contributed by atoms with van der Waals surface area (Å²) in [5.74, 6) is 0. The van der Waals surface area contributed by atoms with Gasteiger partial charge < -0.3 is 14.9 Å². The standard InChI is InChI=1S/C14H31O4P/c1-2-3-4-5-6-7-8-9-10-11-12-14(15)13-19(16,17)18/h14-15H,2-13H2,1H3,(H2,16,17,18).